The molecule has 2 aromatic heterocycles. The number of aryl methyl sites for hydroxylation is 1. The van der Waals surface area contributed by atoms with Gasteiger partial charge in [0.15, 0.2) is 11.2 Å². The molecule has 3 heterocycles. The van der Waals surface area contributed by atoms with Gasteiger partial charge >= 0.3 is 5.69 Å². The van der Waals surface area contributed by atoms with Crippen LogP contribution in [0.5, 0.6) is 5.75 Å². The molecule has 0 fully saturated rings. The topological polar surface area (TPSA) is 120 Å². The number of imidazole rings is 1. The van der Waals surface area contributed by atoms with Gasteiger partial charge in [-0.25, -0.2) is 9.78 Å². The van der Waals surface area contributed by atoms with Crippen LogP contribution in [0.1, 0.15) is 34.1 Å². The first-order valence-corrected chi connectivity index (χ1v) is 11.9. The van der Waals surface area contributed by atoms with E-state index in [1.54, 1.807) is 23.1 Å². The second kappa shape index (κ2) is 9.29. The maximum absolute atomic E-state index is 13.2. The number of amides is 2. The number of nitrogens with zero attached hydrogens (tertiary/aromatic N) is 5. The van der Waals surface area contributed by atoms with Crippen LogP contribution in [0, 0.1) is 11.3 Å². The smallest absolute Gasteiger partial charge is 0.332 e. The fourth-order valence-electron chi connectivity index (χ4n) is 4.21. The normalized spacial score (nSPS) is 15.1. The standard InChI is InChI=1S/C25H32N6O5/c1-15(2)9-10-31-17-8-7-16(11-18(17)36-13-25(3,4)23(31)34)27-19(32)12-30-14-26-21-20(30)22(33)29(6)24(35)28(21)5/h7-8,11,14-15H,9-10,12-13H2,1-6H3,(H,27,32). The molecule has 0 aliphatic carbocycles. The zero-order chi connectivity index (χ0) is 26.4. The molecule has 11 heteroatoms. The van der Waals surface area contributed by atoms with E-state index >= 15 is 0 Å². The number of ether oxygens (including phenoxy) is 1. The third kappa shape index (κ3) is 4.52. The molecule has 1 aliphatic rings. The molecule has 11 nitrogen and oxygen atoms in total. The Labute approximate surface area is 208 Å². The van der Waals surface area contributed by atoms with Gasteiger partial charge in [0.25, 0.3) is 5.56 Å². The van der Waals surface area contributed by atoms with E-state index in [1.807, 2.05) is 13.8 Å². The average Bonchev–Trinajstić information content (AvgIpc) is 3.20. The Morgan fingerprint density at radius 3 is 2.58 bits per heavy atom. The van der Waals surface area contributed by atoms with Gasteiger partial charge in [0, 0.05) is 32.4 Å². The predicted molar refractivity (Wildman–Crippen MR) is 136 cm³/mol. The Balaban J connectivity index is 1.59. The van der Waals surface area contributed by atoms with Crippen LogP contribution < -0.4 is 26.2 Å². The van der Waals surface area contributed by atoms with Gasteiger partial charge < -0.3 is 19.5 Å². The maximum Gasteiger partial charge on any atom is 0.332 e. The van der Waals surface area contributed by atoms with Crippen LogP contribution in [0.4, 0.5) is 11.4 Å². The molecule has 1 aromatic carbocycles. The van der Waals surface area contributed by atoms with Crippen LogP contribution in [-0.2, 0) is 30.2 Å². The summed E-state index contributed by atoms with van der Waals surface area (Å²) in [5.41, 5.74) is -0.144. The van der Waals surface area contributed by atoms with Crippen molar-refractivity contribution in [3.8, 4) is 5.75 Å². The number of benzene rings is 1. The zero-order valence-corrected chi connectivity index (χ0v) is 21.5. The largest absolute Gasteiger partial charge is 0.490 e. The third-order valence-electron chi connectivity index (χ3n) is 6.41. The molecule has 192 valence electrons. The molecule has 0 bridgehead atoms. The number of hydrogen-bond acceptors (Lipinski definition) is 6. The summed E-state index contributed by atoms with van der Waals surface area (Å²) in [6.45, 7) is 8.58. The van der Waals surface area contributed by atoms with Crippen LogP contribution in [0.2, 0.25) is 0 Å². The Bertz CT molecular complexity index is 1460. The van der Waals surface area contributed by atoms with Crippen molar-refractivity contribution in [3.05, 3.63) is 45.4 Å². The lowest BCUT2D eigenvalue weighted by Crippen LogP contribution is -2.42. The average molecular weight is 497 g/mol. The molecule has 0 radical (unpaired) electrons. The van der Waals surface area contributed by atoms with E-state index in [1.165, 1.54) is 29.6 Å². The van der Waals surface area contributed by atoms with Crippen LogP contribution in [0.25, 0.3) is 11.2 Å². The highest BCUT2D eigenvalue weighted by Crippen LogP contribution is 2.38. The van der Waals surface area contributed by atoms with Crippen molar-refractivity contribution in [2.75, 3.05) is 23.4 Å². The van der Waals surface area contributed by atoms with Crippen molar-refractivity contribution >= 4 is 34.4 Å². The summed E-state index contributed by atoms with van der Waals surface area (Å²) in [7, 11) is 2.90. The number of carbonyl (C=O) groups excluding carboxylic acids is 2. The molecule has 0 unspecified atom stereocenters. The van der Waals surface area contributed by atoms with Crippen molar-refractivity contribution in [1.29, 1.82) is 0 Å². The zero-order valence-electron chi connectivity index (χ0n) is 21.5. The van der Waals surface area contributed by atoms with Crippen LogP contribution in [0.15, 0.2) is 34.1 Å². The molecule has 1 aliphatic heterocycles. The molecule has 0 spiro atoms. The van der Waals surface area contributed by atoms with E-state index in [0.29, 0.717) is 29.6 Å². The molecule has 4 rings (SSSR count). The van der Waals surface area contributed by atoms with E-state index in [4.69, 9.17) is 4.74 Å². The summed E-state index contributed by atoms with van der Waals surface area (Å²) >= 11 is 0. The van der Waals surface area contributed by atoms with Gasteiger partial charge in [0.2, 0.25) is 11.8 Å². The summed E-state index contributed by atoms with van der Waals surface area (Å²) in [6, 6.07) is 5.21. The van der Waals surface area contributed by atoms with Gasteiger partial charge in [-0.3, -0.25) is 23.5 Å². The van der Waals surface area contributed by atoms with Gasteiger partial charge in [0.05, 0.1) is 17.4 Å². The number of aromatic nitrogens is 4. The fourth-order valence-corrected chi connectivity index (χ4v) is 4.21. The van der Waals surface area contributed by atoms with Crippen LogP contribution in [-0.4, -0.2) is 43.7 Å². The van der Waals surface area contributed by atoms with Crippen molar-refractivity contribution in [2.45, 2.75) is 40.7 Å². The number of rotatable bonds is 6. The van der Waals surface area contributed by atoms with Gasteiger partial charge in [-0.1, -0.05) is 13.8 Å². The van der Waals surface area contributed by atoms with Crippen molar-refractivity contribution in [2.24, 2.45) is 25.4 Å². The van der Waals surface area contributed by atoms with E-state index in [-0.39, 0.29) is 36.1 Å². The first kappa shape index (κ1) is 25.2. The minimum Gasteiger partial charge on any atom is -0.490 e. The van der Waals surface area contributed by atoms with Crippen LogP contribution in [0.3, 0.4) is 0 Å². The highest BCUT2D eigenvalue weighted by atomic mass is 16.5. The molecule has 0 saturated carbocycles. The van der Waals surface area contributed by atoms with Gasteiger partial charge in [-0.15, -0.1) is 0 Å². The van der Waals surface area contributed by atoms with E-state index in [2.05, 4.69) is 24.1 Å². The summed E-state index contributed by atoms with van der Waals surface area (Å²) in [6.07, 6.45) is 2.22. The second-order valence-electron chi connectivity index (χ2n) is 10.3. The van der Waals surface area contributed by atoms with Crippen molar-refractivity contribution < 1.29 is 14.3 Å². The van der Waals surface area contributed by atoms with Crippen molar-refractivity contribution in [1.82, 2.24) is 18.7 Å². The maximum atomic E-state index is 13.2. The molecule has 0 atom stereocenters. The molecule has 0 saturated heterocycles. The van der Waals surface area contributed by atoms with Gasteiger partial charge in [-0.05, 0) is 38.3 Å². The summed E-state index contributed by atoms with van der Waals surface area (Å²) < 4.78 is 9.67. The Hall–Kier alpha value is -3.89. The molecule has 3 aromatic rings. The first-order valence-electron chi connectivity index (χ1n) is 11.9. The minimum atomic E-state index is -0.686. The Morgan fingerprint density at radius 2 is 1.89 bits per heavy atom. The van der Waals surface area contributed by atoms with E-state index in [0.717, 1.165) is 11.0 Å². The molecular formula is C25H32N6O5. The highest BCUT2D eigenvalue weighted by molar-refractivity contribution is 6.00. The number of nitrogens with one attached hydrogen (secondary N) is 1. The van der Waals surface area contributed by atoms with E-state index in [9.17, 15) is 19.2 Å². The molecular weight excluding hydrogens is 464 g/mol. The fraction of sp³-hybridized carbons (Fsp3) is 0.480. The number of hydrogen-bond donors (Lipinski definition) is 1. The highest BCUT2D eigenvalue weighted by Gasteiger charge is 2.37. The quantitative estimate of drug-likeness (QED) is 0.556. The summed E-state index contributed by atoms with van der Waals surface area (Å²) in [4.78, 5) is 56.7. The number of carbonyl (C=O) groups is 2. The van der Waals surface area contributed by atoms with Gasteiger partial charge in [0.1, 0.15) is 18.9 Å². The predicted octanol–water partition coefficient (Wildman–Crippen LogP) is 1.87. The number of fused-ring (bicyclic) bond motifs is 2. The summed E-state index contributed by atoms with van der Waals surface area (Å²) in [5.74, 6) is 0.575. The minimum absolute atomic E-state index is 0.00153. The first-order chi connectivity index (χ1) is 16.9. The van der Waals surface area contributed by atoms with E-state index < -0.39 is 16.7 Å². The van der Waals surface area contributed by atoms with Crippen LogP contribution >= 0.6 is 0 Å². The third-order valence-corrected chi connectivity index (χ3v) is 6.41. The molecule has 36 heavy (non-hydrogen) atoms. The second-order valence-corrected chi connectivity index (χ2v) is 10.3. The number of anilines is 2. The van der Waals surface area contributed by atoms with Gasteiger partial charge in [-0.2, -0.15) is 0 Å². The van der Waals surface area contributed by atoms with Crippen molar-refractivity contribution in [3.63, 3.8) is 0 Å². The molecule has 2 amide bonds. The summed E-state index contributed by atoms with van der Waals surface area (Å²) in [5, 5.41) is 2.82. The Kier molecular flexibility index (Phi) is 6.50. The lowest BCUT2D eigenvalue weighted by molar-refractivity contribution is -0.127. The molecule has 1 N–H and O–H groups in total. The lowest BCUT2D eigenvalue weighted by atomic mass is 9.92. The Morgan fingerprint density at radius 1 is 1.17 bits per heavy atom. The SMILES string of the molecule is CC(C)CCN1C(=O)C(C)(C)COc2cc(NC(=O)Cn3cnc4c3c(=O)n(C)c(=O)n4C)ccc21. The monoisotopic (exact) mass is 496 g/mol. The lowest BCUT2D eigenvalue weighted by Gasteiger charge is -2.28.